The molecule has 7 heteroatoms. The number of aliphatic hydroxyl groups is 1. The van der Waals surface area contributed by atoms with Crippen LogP contribution in [-0.4, -0.2) is 59.4 Å². The number of hydrogen-bond acceptors (Lipinski definition) is 6. The van der Waals surface area contributed by atoms with Gasteiger partial charge in [0.05, 0.1) is 13.2 Å². The number of carboxylic acids is 1. The zero-order valence-electron chi connectivity index (χ0n) is 24.0. The first-order valence-electron chi connectivity index (χ1n) is 14.0. The third-order valence-corrected chi connectivity index (χ3v) is 8.46. The van der Waals surface area contributed by atoms with Crippen molar-refractivity contribution in [3.8, 4) is 16.9 Å². The van der Waals surface area contributed by atoms with E-state index in [9.17, 15) is 9.90 Å². The molecular formula is C33H42N2O4S. The van der Waals surface area contributed by atoms with Crippen LogP contribution >= 0.6 is 11.9 Å². The number of benzene rings is 3. The molecule has 4 rings (SSSR count). The molecule has 0 amide bonds. The van der Waals surface area contributed by atoms with Gasteiger partial charge in [0.1, 0.15) is 5.75 Å². The van der Waals surface area contributed by atoms with Crippen LogP contribution in [0, 0.1) is 5.92 Å². The average Bonchev–Trinajstić information content (AvgIpc) is 3.32. The van der Waals surface area contributed by atoms with E-state index in [2.05, 4.69) is 65.9 Å². The van der Waals surface area contributed by atoms with Crippen molar-refractivity contribution in [3.05, 3.63) is 83.4 Å². The summed E-state index contributed by atoms with van der Waals surface area (Å²) < 4.78 is 7.50. The van der Waals surface area contributed by atoms with Crippen LogP contribution in [-0.2, 0) is 24.1 Å². The number of fused-ring (bicyclic) bond motifs is 1. The summed E-state index contributed by atoms with van der Waals surface area (Å²) >= 11 is 1.60. The maximum Gasteiger partial charge on any atom is 0.303 e. The van der Waals surface area contributed by atoms with Gasteiger partial charge in [-0.25, -0.2) is 4.31 Å². The number of nitrogens with one attached hydrogen (secondary N) is 1. The molecule has 3 aromatic carbocycles. The Balaban J connectivity index is 1.28. The quantitative estimate of drug-likeness (QED) is 0.213. The van der Waals surface area contributed by atoms with Crippen molar-refractivity contribution in [1.29, 1.82) is 0 Å². The standard InChI is InChI=1S/C33H42N2O4S/c1-33(2,20-23-16-24-8-5-6-9-25(24)17-23)34-21-29(36)22-35(3)40-30-11-7-10-26(19-30)27-12-14-31(39-4)28(18-27)13-15-32(37)38/h5-12,14,18-19,23,29,34,36H,13,15-17,20-22H2,1-4H3,(H,37,38)/t29-/m1/s1. The third kappa shape index (κ3) is 8.58. The summed E-state index contributed by atoms with van der Waals surface area (Å²) in [6.45, 7) is 5.55. The summed E-state index contributed by atoms with van der Waals surface area (Å²) in [4.78, 5) is 12.2. The van der Waals surface area contributed by atoms with Gasteiger partial charge >= 0.3 is 5.97 Å². The second kappa shape index (κ2) is 13.7. The molecule has 40 heavy (non-hydrogen) atoms. The van der Waals surface area contributed by atoms with Crippen molar-refractivity contribution in [1.82, 2.24) is 9.62 Å². The molecule has 0 aromatic heterocycles. The fourth-order valence-electron chi connectivity index (χ4n) is 5.69. The van der Waals surface area contributed by atoms with Crippen LogP contribution in [0.1, 0.15) is 43.4 Å². The second-order valence-corrected chi connectivity index (χ2v) is 12.8. The van der Waals surface area contributed by atoms with Gasteiger partial charge in [0, 0.05) is 29.9 Å². The molecule has 0 radical (unpaired) electrons. The van der Waals surface area contributed by atoms with E-state index in [1.807, 2.05) is 31.3 Å². The molecule has 0 aliphatic heterocycles. The summed E-state index contributed by atoms with van der Waals surface area (Å²) in [6, 6.07) is 22.9. The molecule has 0 bridgehead atoms. The minimum Gasteiger partial charge on any atom is -0.496 e. The summed E-state index contributed by atoms with van der Waals surface area (Å²) in [7, 11) is 3.60. The van der Waals surface area contributed by atoms with Crippen molar-refractivity contribution in [2.75, 3.05) is 27.2 Å². The van der Waals surface area contributed by atoms with Gasteiger partial charge < -0.3 is 20.3 Å². The molecule has 0 saturated carbocycles. The van der Waals surface area contributed by atoms with E-state index in [-0.39, 0.29) is 12.0 Å². The first-order chi connectivity index (χ1) is 19.1. The van der Waals surface area contributed by atoms with E-state index in [1.165, 1.54) is 11.1 Å². The predicted molar refractivity (Wildman–Crippen MR) is 163 cm³/mol. The number of rotatable bonds is 14. The van der Waals surface area contributed by atoms with E-state index >= 15 is 0 Å². The number of β-amino-alcohol motifs (C(OH)–C–C–N with tert-alkyl or cyclic N) is 1. The van der Waals surface area contributed by atoms with Gasteiger partial charge in [0.15, 0.2) is 0 Å². The number of hydrogen-bond donors (Lipinski definition) is 3. The maximum absolute atomic E-state index is 11.1. The zero-order chi connectivity index (χ0) is 28.7. The Bertz CT molecular complexity index is 1270. The molecule has 214 valence electrons. The minimum absolute atomic E-state index is 0.0462. The average molecular weight is 563 g/mol. The molecule has 0 saturated heterocycles. The highest BCUT2D eigenvalue weighted by molar-refractivity contribution is 7.97. The Kier molecular flexibility index (Phi) is 10.3. The fourth-order valence-corrected chi connectivity index (χ4v) is 6.61. The first kappa shape index (κ1) is 30.1. The van der Waals surface area contributed by atoms with Crippen molar-refractivity contribution in [2.45, 2.75) is 62.5 Å². The molecule has 1 aliphatic carbocycles. The van der Waals surface area contributed by atoms with E-state index in [1.54, 1.807) is 19.1 Å². The van der Waals surface area contributed by atoms with Crippen molar-refractivity contribution in [3.63, 3.8) is 0 Å². The Morgan fingerprint density at radius 3 is 2.45 bits per heavy atom. The zero-order valence-corrected chi connectivity index (χ0v) is 24.8. The highest BCUT2D eigenvalue weighted by Crippen LogP contribution is 2.33. The summed E-state index contributed by atoms with van der Waals surface area (Å²) in [6.07, 6.45) is 3.35. The number of aryl methyl sites for hydroxylation is 1. The van der Waals surface area contributed by atoms with Gasteiger partial charge in [-0.15, -0.1) is 0 Å². The van der Waals surface area contributed by atoms with Crippen LogP contribution in [0.5, 0.6) is 5.75 Å². The van der Waals surface area contributed by atoms with Gasteiger partial charge in [-0.1, -0.05) is 42.5 Å². The lowest BCUT2D eigenvalue weighted by atomic mass is 9.88. The lowest BCUT2D eigenvalue weighted by Gasteiger charge is -2.31. The first-order valence-corrected chi connectivity index (χ1v) is 14.8. The predicted octanol–water partition coefficient (Wildman–Crippen LogP) is 5.85. The van der Waals surface area contributed by atoms with Gasteiger partial charge in [-0.05, 0) is 117 Å². The van der Waals surface area contributed by atoms with Gasteiger partial charge in [0.2, 0.25) is 0 Å². The Morgan fingerprint density at radius 2 is 1.77 bits per heavy atom. The van der Waals surface area contributed by atoms with Crippen LogP contribution in [0.25, 0.3) is 11.1 Å². The lowest BCUT2D eigenvalue weighted by Crippen LogP contribution is -2.46. The SMILES string of the molecule is COc1ccc(-c2cccc(SN(C)C[C@H](O)CNC(C)(C)CC3Cc4ccccc4C3)c2)cc1CCC(=O)O. The molecule has 1 aliphatic rings. The highest BCUT2D eigenvalue weighted by Gasteiger charge is 2.28. The molecule has 6 nitrogen and oxygen atoms in total. The lowest BCUT2D eigenvalue weighted by molar-refractivity contribution is -0.136. The van der Waals surface area contributed by atoms with Crippen molar-refractivity contribution < 1.29 is 19.7 Å². The van der Waals surface area contributed by atoms with Gasteiger partial charge in [-0.3, -0.25) is 4.79 Å². The van der Waals surface area contributed by atoms with Crippen LogP contribution in [0.15, 0.2) is 71.6 Å². The fraction of sp³-hybridized carbons (Fsp3) is 0.424. The van der Waals surface area contributed by atoms with E-state index in [4.69, 9.17) is 9.84 Å². The number of likely N-dealkylation sites (N-methyl/N-ethyl adjacent to an activating group) is 1. The van der Waals surface area contributed by atoms with E-state index in [0.29, 0.717) is 31.2 Å². The van der Waals surface area contributed by atoms with Gasteiger partial charge in [0.25, 0.3) is 0 Å². The molecule has 0 fully saturated rings. The smallest absolute Gasteiger partial charge is 0.303 e. The van der Waals surface area contributed by atoms with Crippen LogP contribution < -0.4 is 10.1 Å². The van der Waals surface area contributed by atoms with Crippen LogP contribution in [0.3, 0.4) is 0 Å². The number of carboxylic acid groups (broad SMARTS) is 1. The highest BCUT2D eigenvalue weighted by atomic mass is 32.2. The second-order valence-electron chi connectivity index (χ2n) is 11.5. The minimum atomic E-state index is -0.824. The number of aliphatic hydroxyl groups excluding tert-OH is 1. The largest absolute Gasteiger partial charge is 0.496 e. The van der Waals surface area contributed by atoms with Crippen molar-refractivity contribution in [2.24, 2.45) is 5.92 Å². The molecule has 0 unspecified atom stereocenters. The molecule has 3 N–H and O–H groups in total. The number of carbonyl (C=O) groups is 1. The Morgan fingerprint density at radius 1 is 1.07 bits per heavy atom. The molecule has 3 aromatic rings. The number of methoxy groups -OCH3 is 1. The summed E-state index contributed by atoms with van der Waals surface area (Å²) in [5, 5.41) is 23.5. The maximum atomic E-state index is 11.1. The van der Waals surface area contributed by atoms with Crippen molar-refractivity contribution >= 4 is 17.9 Å². The molecule has 0 spiro atoms. The van der Waals surface area contributed by atoms with Gasteiger partial charge in [-0.2, -0.15) is 0 Å². The van der Waals surface area contributed by atoms with E-state index in [0.717, 1.165) is 40.8 Å². The number of nitrogens with zero attached hydrogens (tertiary/aromatic N) is 1. The summed E-state index contributed by atoms with van der Waals surface area (Å²) in [5.74, 6) is 0.519. The van der Waals surface area contributed by atoms with E-state index < -0.39 is 12.1 Å². The molecular weight excluding hydrogens is 520 g/mol. The summed E-state index contributed by atoms with van der Waals surface area (Å²) in [5.41, 5.74) is 5.87. The van der Waals surface area contributed by atoms with Crippen LogP contribution in [0.4, 0.5) is 0 Å². The third-order valence-electron chi connectivity index (χ3n) is 7.54. The molecule has 1 atom stereocenters. The molecule has 0 heterocycles. The van der Waals surface area contributed by atoms with Crippen LogP contribution in [0.2, 0.25) is 0 Å². The Hall–Kier alpha value is -2.84. The normalized spacial score (nSPS) is 14.3. The number of aliphatic carboxylic acids is 1. The topological polar surface area (TPSA) is 82.0 Å². The monoisotopic (exact) mass is 562 g/mol. The number of ether oxygens (including phenoxy) is 1. The Labute approximate surface area is 242 Å².